The Hall–Kier alpha value is -2.07. The van der Waals surface area contributed by atoms with E-state index in [1.807, 2.05) is 13.8 Å². The topological polar surface area (TPSA) is 59.0 Å². The molecule has 5 nitrogen and oxygen atoms in total. The minimum absolute atomic E-state index is 0.121. The van der Waals surface area contributed by atoms with Crippen LogP contribution in [0.15, 0.2) is 29.4 Å². The number of nitrogens with one attached hydrogen (secondary N) is 2. The quantitative estimate of drug-likeness (QED) is 0.573. The lowest BCUT2D eigenvalue weighted by atomic mass is 10.3. The Kier molecular flexibility index (Phi) is 6.30. The molecule has 0 saturated carbocycles. The summed E-state index contributed by atoms with van der Waals surface area (Å²) in [7, 11) is 1.49. The van der Waals surface area contributed by atoms with Crippen molar-refractivity contribution in [1.29, 1.82) is 0 Å². The van der Waals surface area contributed by atoms with Crippen molar-refractivity contribution in [3.63, 3.8) is 0 Å². The zero-order chi connectivity index (χ0) is 19.5. The molecule has 26 heavy (non-hydrogen) atoms. The summed E-state index contributed by atoms with van der Waals surface area (Å²) >= 11 is 1.06. The van der Waals surface area contributed by atoms with Crippen molar-refractivity contribution in [3.8, 4) is 0 Å². The van der Waals surface area contributed by atoms with E-state index in [-0.39, 0.29) is 22.3 Å². The molecule has 0 bridgehead atoms. The Morgan fingerprint density at radius 2 is 2.12 bits per heavy atom. The lowest BCUT2D eigenvalue weighted by molar-refractivity contribution is -0.141. The fourth-order valence-corrected chi connectivity index (χ4v) is 2.89. The number of anilines is 1. The maximum Gasteiger partial charge on any atom is 0.433 e. The number of alkyl halides is 3. The van der Waals surface area contributed by atoms with Crippen molar-refractivity contribution >= 4 is 23.5 Å². The Morgan fingerprint density at radius 3 is 2.73 bits per heavy atom. The number of halogens is 4. The first-order valence-corrected chi connectivity index (χ1v) is 8.57. The second-order valence-corrected chi connectivity index (χ2v) is 6.56. The summed E-state index contributed by atoms with van der Waals surface area (Å²) in [4.78, 5) is 15.8. The normalized spacial score (nSPS) is 12.9. The van der Waals surface area contributed by atoms with Gasteiger partial charge in [0.15, 0.2) is 5.82 Å². The molecule has 0 unspecified atom stereocenters. The van der Waals surface area contributed by atoms with Crippen LogP contribution in [0.1, 0.15) is 36.5 Å². The Bertz CT molecular complexity index is 791. The first-order chi connectivity index (χ1) is 12.1. The predicted molar refractivity (Wildman–Crippen MR) is 91.3 cm³/mol. The van der Waals surface area contributed by atoms with Gasteiger partial charge in [-0.25, -0.2) is 4.39 Å². The Balaban J connectivity index is 2.19. The number of amides is 1. The van der Waals surface area contributed by atoms with Gasteiger partial charge in [0.1, 0.15) is 11.4 Å². The Morgan fingerprint density at radius 1 is 1.42 bits per heavy atom. The number of hydrogen-bond acceptors (Lipinski definition) is 4. The van der Waals surface area contributed by atoms with Gasteiger partial charge in [-0.15, -0.1) is 0 Å². The van der Waals surface area contributed by atoms with Gasteiger partial charge in [0.2, 0.25) is 0 Å². The number of carbonyl (C=O) groups is 1. The molecule has 10 heteroatoms. The van der Waals surface area contributed by atoms with Crippen molar-refractivity contribution in [2.45, 2.75) is 37.4 Å². The highest BCUT2D eigenvalue weighted by Gasteiger charge is 2.32. The van der Waals surface area contributed by atoms with Crippen LogP contribution in [-0.4, -0.2) is 21.5 Å². The zero-order valence-electron chi connectivity index (χ0n) is 14.3. The number of nitrogens with zero attached hydrogens (tertiary/aromatic N) is 2. The summed E-state index contributed by atoms with van der Waals surface area (Å²) in [6.07, 6.45) is -1.42. The third-order valence-electron chi connectivity index (χ3n) is 3.59. The summed E-state index contributed by atoms with van der Waals surface area (Å²) in [5.41, 5.74) is -1.54. The molecule has 2 N–H and O–H groups in total. The van der Waals surface area contributed by atoms with Crippen LogP contribution < -0.4 is 10.0 Å². The SMILES string of the molecule is CC[C@@H](C)NSc1cn(C)c(C(=O)Nc2ccnc(C(F)(F)F)c2)c1F. The van der Waals surface area contributed by atoms with E-state index >= 15 is 0 Å². The second-order valence-electron chi connectivity index (χ2n) is 5.68. The van der Waals surface area contributed by atoms with Crippen LogP contribution in [0.5, 0.6) is 0 Å². The van der Waals surface area contributed by atoms with Crippen LogP contribution in [-0.2, 0) is 13.2 Å². The fraction of sp³-hybridized carbons (Fsp3) is 0.375. The molecule has 0 saturated heterocycles. The average Bonchev–Trinajstić information content (AvgIpc) is 2.86. The number of rotatable bonds is 6. The smallest absolute Gasteiger partial charge is 0.343 e. The van der Waals surface area contributed by atoms with Gasteiger partial charge in [-0.3, -0.25) is 14.5 Å². The number of hydrogen-bond donors (Lipinski definition) is 2. The molecule has 0 aliphatic heterocycles. The molecule has 142 valence electrons. The van der Waals surface area contributed by atoms with E-state index in [1.165, 1.54) is 23.9 Å². The highest BCUT2D eigenvalue weighted by atomic mass is 32.2. The summed E-state index contributed by atoms with van der Waals surface area (Å²) < 4.78 is 56.9. The summed E-state index contributed by atoms with van der Waals surface area (Å²) in [5, 5.41) is 2.27. The van der Waals surface area contributed by atoms with Crippen LogP contribution in [0.3, 0.4) is 0 Å². The van der Waals surface area contributed by atoms with E-state index in [1.54, 1.807) is 0 Å². The van der Waals surface area contributed by atoms with Gasteiger partial charge in [-0.2, -0.15) is 13.2 Å². The number of aryl methyl sites for hydroxylation is 1. The first-order valence-electron chi connectivity index (χ1n) is 7.75. The fourth-order valence-electron chi connectivity index (χ4n) is 2.00. The highest BCUT2D eigenvalue weighted by molar-refractivity contribution is 7.97. The van der Waals surface area contributed by atoms with Crippen LogP contribution in [0.25, 0.3) is 0 Å². The van der Waals surface area contributed by atoms with Gasteiger partial charge < -0.3 is 9.88 Å². The molecule has 0 spiro atoms. The maximum atomic E-state index is 14.5. The van der Waals surface area contributed by atoms with E-state index in [4.69, 9.17) is 0 Å². The van der Waals surface area contributed by atoms with Gasteiger partial charge in [0.05, 0.1) is 4.90 Å². The standard InChI is InChI=1S/C16H18F4N4OS/c1-4-9(2)23-26-11-8-24(3)14(13(11)17)15(25)22-10-5-6-21-12(7-10)16(18,19)20/h5-9,23H,4H2,1-3H3,(H,21,22,25)/t9-/m1/s1. The van der Waals surface area contributed by atoms with Crippen LogP contribution in [0.4, 0.5) is 23.2 Å². The second kappa shape index (κ2) is 8.09. The van der Waals surface area contributed by atoms with Gasteiger partial charge in [0.25, 0.3) is 5.91 Å². The van der Waals surface area contributed by atoms with E-state index in [9.17, 15) is 22.4 Å². The van der Waals surface area contributed by atoms with Crippen molar-refractivity contribution in [2.75, 3.05) is 5.32 Å². The molecule has 2 heterocycles. The van der Waals surface area contributed by atoms with Gasteiger partial charge in [-0.1, -0.05) is 6.92 Å². The molecular formula is C16H18F4N4OS. The monoisotopic (exact) mass is 390 g/mol. The van der Waals surface area contributed by atoms with Crippen molar-refractivity contribution in [2.24, 2.45) is 7.05 Å². The predicted octanol–water partition coefficient (Wildman–Crippen LogP) is 4.23. The summed E-state index contributed by atoms with van der Waals surface area (Å²) in [6, 6.07) is 2.04. The van der Waals surface area contributed by atoms with E-state index in [2.05, 4.69) is 15.0 Å². The summed E-state index contributed by atoms with van der Waals surface area (Å²) in [5.74, 6) is -1.59. The minimum atomic E-state index is -4.64. The first kappa shape index (κ1) is 20.2. The molecule has 2 aromatic heterocycles. The van der Waals surface area contributed by atoms with Gasteiger partial charge in [0, 0.05) is 31.2 Å². The molecule has 1 amide bonds. The van der Waals surface area contributed by atoms with Crippen LogP contribution >= 0.6 is 11.9 Å². The third-order valence-corrected chi connectivity index (χ3v) is 4.62. The lowest BCUT2D eigenvalue weighted by Crippen LogP contribution is -2.18. The largest absolute Gasteiger partial charge is 0.433 e. The molecule has 1 atom stereocenters. The molecular weight excluding hydrogens is 372 g/mol. The molecule has 0 aromatic carbocycles. The summed E-state index contributed by atoms with van der Waals surface area (Å²) in [6.45, 7) is 3.91. The molecule has 0 radical (unpaired) electrons. The lowest BCUT2D eigenvalue weighted by Gasteiger charge is -2.10. The number of pyridine rings is 1. The molecule has 0 fully saturated rings. The van der Waals surface area contributed by atoms with Crippen LogP contribution in [0.2, 0.25) is 0 Å². The minimum Gasteiger partial charge on any atom is -0.343 e. The third kappa shape index (κ3) is 4.76. The van der Waals surface area contributed by atoms with Crippen LogP contribution in [0, 0.1) is 5.82 Å². The van der Waals surface area contributed by atoms with E-state index in [0.717, 1.165) is 24.6 Å². The highest BCUT2D eigenvalue weighted by Crippen LogP contribution is 2.29. The molecule has 2 aromatic rings. The Labute approximate surface area is 152 Å². The molecule has 2 rings (SSSR count). The van der Waals surface area contributed by atoms with Gasteiger partial charge in [-0.05, 0) is 37.4 Å². The van der Waals surface area contributed by atoms with Crippen molar-refractivity contribution < 1.29 is 22.4 Å². The zero-order valence-corrected chi connectivity index (χ0v) is 15.1. The molecule has 0 aliphatic carbocycles. The average molecular weight is 390 g/mol. The number of carbonyl (C=O) groups excluding carboxylic acids is 1. The maximum absolute atomic E-state index is 14.5. The van der Waals surface area contributed by atoms with E-state index in [0.29, 0.717) is 6.07 Å². The van der Waals surface area contributed by atoms with E-state index < -0.39 is 23.6 Å². The number of aromatic nitrogens is 2. The van der Waals surface area contributed by atoms with Gasteiger partial charge >= 0.3 is 6.18 Å². The van der Waals surface area contributed by atoms with Crippen molar-refractivity contribution in [1.82, 2.24) is 14.3 Å². The molecule has 0 aliphatic rings. The van der Waals surface area contributed by atoms with Crippen molar-refractivity contribution in [3.05, 3.63) is 41.7 Å².